The summed E-state index contributed by atoms with van der Waals surface area (Å²) in [7, 11) is 2.14. The van der Waals surface area contributed by atoms with Crippen LogP contribution in [0.15, 0.2) is 42.5 Å². The van der Waals surface area contributed by atoms with Gasteiger partial charge in [0, 0.05) is 25.2 Å². The van der Waals surface area contributed by atoms with Gasteiger partial charge in [0.25, 0.3) is 0 Å². The van der Waals surface area contributed by atoms with Crippen molar-refractivity contribution in [2.45, 2.75) is 19.4 Å². The van der Waals surface area contributed by atoms with Crippen molar-refractivity contribution in [2.24, 2.45) is 0 Å². The molecule has 3 rings (SSSR count). The molecule has 0 radical (unpaired) electrons. The molecule has 0 amide bonds. The lowest BCUT2D eigenvalue weighted by atomic mass is 10.1. The number of nitrogen functional groups attached to an aromatic ring is 1. The molecular formula is C18H22N2O. The molecule has 0 bridgehead atoms. The SMILES string of the molecule is CN(CCc1ccc2c(c1)CCO2)Cc1ccccc1N. The maximum absolute atomic E-state index is 6.00. The van der Waals surface area contributed by atoms with E-state index in [1.165, 1.54) is 16.7 Å². The topological polar surface area (TPSA) is 38.5 Å². The third-order valence-electron chi connectivity index (χ3n) is 4.03. The van der Waals surface area contributed by atoms with Crippen LogP contribution in [0.4, 0.5) is 5.69 Å². The van der Waals surface area contributed by atoms with Gasteiger partial charge in [0.2, 0.25) is 0 Å². The number of fused-ring (bicyclic) bond motifs is 1. The first kappa shape index (κ1) is 14.0. The van der Waals surface area contributed by atoms with Crippen LogP contribution in [0, 0.1) is 0 Å². The minimum absolute atomic E-state index is 0.825. The molecule has 0 atom stereocenters. The van der Waals surface area contributed by atoms with Gasteiger partial charge in [-0.2, -0.15) is 0 Å². The molecule has 0 fully saturated rings. The predicted octanol–water partition coefficient (Wildman–Crippen LogP) is 2.88. The van der Waals surface area contributed by atoms with Crippen molar-refractivity contribution in [3.63, 3.8) is 0 Å². The molecular weight excluding hydrogens is 260 g/mol. The Balaban J connectivity index is 1.56. The fraction of sp³-hybridized carbons (Fsp3) is 0.333. The molecule has 3 nitrogen and oxygen atoms in total. The van der Waals surface area contributed by atoms with Crippen LogP contribution in [0.1, 0.15) is 16.7 Å². The lowest BCUT2D eigenvalue weighted by molar-refractivity contribution is 0.331. The number of likely N-dealkylation sites (N-methyl/N-ethyl adjacent to an activating group) is 1. The number of hydrogen-bond acceptors (Lipinski definition) is 3. The van der Waals surface area contributed by atoms with Crippen LogP contribution in [0.2, 0.25) is 0 Å². The molecule has 0 spiro atoms. The normalized spacial score (nSPS) is 13.2. The van der Waals surface area contributed by atoms with Gasteiger partial charge >= 0.3 is 0 Å². The van der Waals surface area contributed by atoms with E-state index in [0.29, 0.717) is 0 Å². The van der Waals surface area contributed by atoms with Crippen LogP contribution in [-0.2, 0) is 19.4 Å². The highest BCUT2D eigenvalue weighted by Gasteiger charge is 2.12. The van der Waals surface area contributed by atoms with Crippen LogP contribution in [0.5, 0.6) is 5.75 Å². The number of anilines is 1. The lowest BCUT2D eigenvalue weighted by Crippen LogP contribution is -2.21. The van der Waals surface area contributed by atoms with E-state index in [-0.39, 0.29) is 0 Å². The molecule has 2 aromatic carbocycles. The standard InChI is InChI=1S/C18H22N2O/c1-20(13-16-4-2-3-5-17(16)19)10-8-14-6-7-18-15(12-14)9-11-21-18/h2-7,12H,8-11,13,19H2,1H3. The summed E-state index contributed by atoms with van der Waals surface area (Å²) in [5.74, 6) is 1.06. The predicted molar refractivity (Wildman–Crippen MR) is 86.5 cm³/mol. The summed E-state index contributed by atoms with van der Waals surface area (Å²) in [6.45, 7) is 2.74. The first-order valence-electron chi connectivity index (χ1n) is 7.49. The van der Waals surface area contributed by atoms with Crippen molar-refractivity contribution in [3.8, 4) is 5.75 Å². The maximum Gasteiger partial charge on any atom is 0.122 e. The van der Waals surface area contributed by atoms with Crippen molar-refractivity contribution < 1.29 is 4.74 Å². The van der Waals surface area contributed by atoms with Crippen LogP contribution in [-0.4, -0.2) is 25.1 Å². The van der Waals surface area contributed by atoms with Gasteiger partial charge < -0.3 is 15.4 Å². The van der Waals surface area contributed by atoms with Gasteiger partial charge in [-0.3, -0.25) is 0 Å². The van der Waals surface area contributed by atoms with Crippen LogP contribution in [0.25, 0.3) is 0 Å². The Labute approximate surface area is 126 Å². The summed E-state index contributed by atoms with van der Waals surface area (Å²) < 4.78 is 5.55. The Kier molecular flexibility index (Phi) is 4.11. The number of hydrogen-bond donors (Lipinski definition) is 1. The van der Waals surface area contributed by atoms with Crippen molar-refractivity contribution in [3.05, 3.63) is 59.2 Å². The summed E-state index contributed by atoms with van der Waals surface area (Å²) in [6, 6.07) is 14.6. The van der Waals surface area contributed by atoms with Gasteiger partial charge in [0.1, 0.15) is 5.75 Å². The van der Waals surface area contributed by atoms with E-state index in [0.717, 1.165) is 44.0 Å². The van der Waals surface area contributed by atoms with E-state index in [2.05, 4.69) is 36.2 Å². The Morgan fingerprint density at radius 2 is 2.05 bits per heavy atom. The molecule has 21 heavy (non-hydrogen) atoms. The highest BCUT2D eigenvalue weighted by molar-refractivity contribution is 5.46. The van der Waals surface area contributed by atoms with Gasteiger partial charge in [-0.05, 0) is 42.3 Å². The Bertz CT molecular complexity index is 624. The number of nitrogens with two attached hydrogens (primary N) is 1. The molecule has 1 aliphatic heterocycles. The van der Waals surface area contributed by atoms with E-state index in [9.17, 15) is 0 Å². The Hall–Kier alpha value is -2.00. The molecule has 0 aliphatic carbocycles. The zero-order valence-electron chi connectivity index (χ0n) is 12.5. The molecule has 0 saturated heterocycles. The van der Waals surface area contributed by atoms with E-state index in [1.54, 1.807) is 0 Å². The summed E-state index contributed by atoms with van der Waals surface area (Å²) in [5.41, 5.74) is 10.8. The second-order valence-corrected chi connectivity index (χ2v) is 5.73. The van der Waals surface area contributed by atoms with Gasteiger partial charge in [0.15, 0.2) is 0 Å². The average molecular weight is 282 g/mol. The molecule has 1 heterocycles. The number of benzene rings is 2. The van der Waals surface area contributed by atoms with Crippen molar-refractivity contribution in [1.29, 1.82) is 0 Å². The summed E-state index contributed by atoms with van der Waals surface area (Å²) in [6.07, 6.45) is 2.09. The first-order chi connectivity index (χ1) is 10.2. The smallest absolute Gasteiger partial charge is 0.122 e. The summed E-state index contributed by atoms with van der Waals surface area (Å²) >= 11 is 0. The monoisotopic (exact) mass is 282 g/mol. The molecule has 2 aromatic rings. The fourth-order valence-corrected chi connectivity index (χ4v) is 2.76. The van der Waals surface area contributed by atoms with Crippen LogP contribution >= 0.6 is 0 Å². The minimum atomic E-state index is 0.825. The zero-order valence-corrected chi connectivity index (χ0v) is 12.5. The molecule has 0 saturated carbocycles. The van der Waals surface area contributed by atoms with Gasteiger partial charge in [-0.15, -0.1) is 0 Å². The highest BCUT2D eigenvalue weighted by atomic mass is 16.5. The average Bonchev–Trinajstić information content (AvgIpc) is 2.95. The summed E-state index contributed by atoms with van der Waals surface area (Å²) in [4.78, 5) is 2.31. The Morgan fingerprint density at radius 3 is 2.90 bits per heavy atom. The minimum Gasteiger partial charge on any atom is -0.493 e. The number of nitrogens with zero attached hydrogens (tertiary/aromatic N) is 1. The van der Waals surface area contributed by atoms with Crippen LogP contribution in [0.3, 0.4) is 0 Å². The molecule has 1 aliphatic rings. The highest BCUT2D eigenvalue weighted by Crippen LogP contribution is 2.26. The zero-order chi connectivity index (χ0) is 14.7. The number of ether oxygens (including phenoxy) is 1. The number of para-hydroxylation sites is 1. The second kappa shape index (κ2) is 6.19. The number of rotatable bonds is 5. The second-order valence-electron chi connectivity index (χ2n) is 5.73. The fourth-order valence-electron chi connectivity index (χ4n) is 2.76. The van der Waals surface area contributed by atoms with Gasteiger partial charge in [-0.1, -0.05) is 30.3 Å². The lowest BCUT2D eigenvalue weighted by Gasteiger charge is -2.18. The largest absolute Gasteiger partial charge is 0.493 e. The van der Waals surface area contributed by atoms with E-state index < -0.39 is 0 Å². The van der Waals surface area contributed by atoms with Crippen molar-refractivity contribution in [2.75, 3.05) is 25.9 Å². The van der Waals surface area contributed by atoms with E-state index >= 15 is 0 Å². The van der Waals surface area contributed by atoms with Crippen LogP contribution < -0.4 is 10.5 Å². The third-order valence-corrected chi connectivity index (χ3v) is 4.03. The van der Waals surface area contributed by atoms with E-state index in [4.69, 9.17) is 10.5 Å². The quantitative estimate of drug-likeness (QED) is 0.857. The molecule has 110 valence electrons. The third kappa shape index (κ3) is 3.37. The maximum atomic E-state index is 6.00. The summed E-state index contributed by atoms with van der Waals surface area (Å²) in [5, 5.41) is 0. The Morgan fingerprint density at radius 1 is 1.19 bits per heavy atom. The molecule has 0 unspecified atom stereocenters. The van der Waals surface area contributed by atoms with E-state index in [1.807, 2.05) is 18.2 Å². The van der Waals surface area contributed by atoms with Crippen molar-refractivity contribution >= 4 is 5.69 Å². The van der Waals surface area contributed by atoms with Gasteiger partial charge in [-0.25, -0.2) is 0 Å². The molecule has 3 heteroatoms. The molecule has 0 aromatic heterocycles. The molecule has 2 N–H and O–H groups in total. The first-order valence-corrected chi connectivity index (χ1v) is 7.49. The van der Waals surface area contributed by atoms with Gasteiger partial charge in [0.05, 0.1) is 6.61 Å². The van der Waals surface area contributed by atoms with Crippen molar-refractivity contribution in [1.82, 2.24) is 4.90 Å².